The Labute approximate surface area is 123 Å². The maximum absolute atomic E-state index is 11.9. The summed E-state index contributed by atoms with van der Waals surface area (Å²) in [6.07, 6.45) is 2.54. The molecule has 0 aliphatic rings. The number of aryl methyl sites for hydroxylation is 3. The molecule has 2 rings (SSSR count). The van der Waals surface area contributed by atoms with Crippen LogP contribution in [0, 0.1) is 6.92 Å². The van der Waals surface area contributed by atoms with Crippen LogP contribution in [-0.2, 0) is 17.6 Å². The Hall–Kier alpha value is -2.11. The predicted molar refractivity (Wildman–Crippen MR) is 76.6 cm³/mol. The molecule has 0 aromatic carbocycles. The summed E-state index contributed by atoms with van der Waals surface area (Å²) < 4.78 is 10.6. The van der Waals surface area contributed by atoms with Crippen LogP contribution in [-0.4, -0.2) is 16.0 Å². The molecule has 1 N–H and O–H groups in total. The second-order valence-corrected chi connectivity index (χ2v) is 5.09. The molecule has 6 heteroatoms. The molecule has 0 aliphatic heterocycles. The lowest BCUT2D eigenvalue weighted by Gasteiger charge is -2.10. The highest BCUT2D eigenvalue weighted by Crippen LogP contribution is 2.15. The normalized spacial score (nSPS) is 12.3. The zero-order valence-corrected chi connectivity index (χ0v) is 12.7. The van der Waals surface area contributed by atoms with Crippen LogP contribution in [0.4, 0.5) is 0 Å². The van der Waals surface area contributed by atoms with Gasteiger partial charge in [-0.25, -0.2) is 0 Å². The first-order valence-electron chi connectivity index (χ1n) is 7.25. The van der Waals surface area contributed by atoms with Gasteiger partial charge in [0.05, 0.1) is 6.04 Å². The summed E-state index contributed by atoms with van der Waals surface area (Å²) >= 11 is 0. The van der Waals surface area contributed by atoms with Crippen molar-refractivity contribution >= 4 is 5.91 Å². The second-order valence-electron chi connectivity index (χ2n) is 5.09. The van der Waals surface area contributed by atoms with Crippen LogP contribution in [0.25, 0.3) is 0 Å². The third kappa shape index (κ3) is 4.44. The summed E-state index contributed by atoms with van der Waals surface area (Å²) in [6.45, 7) is 5.82. The van der Waals surface area contributed by atoms with Crippen LogP contribution < -0.4 is 5.32 Å². The number of carbonyl (C=O) groups is 1. The molecule has 6 nitrogen and oxygen atoms in total. The van der Waals surface area contributed by atoms with Crippen molar-refractivity contribution in [3.63, 3.8) is 0 Å². The maximum atomic E-state index is 11.9. The Balaban J connectivity index is 1.78. The summed E-state index contributed by atoms with van der Waals surface area (Å²) in [7, 11) is 0. The van der Waals surface area contributed by atoms with Crippen LogP contribution in [0.15, 0.2) is 21.1 Å². The minimum atomic E-state index is -0.149. The maximum Gasteiger partial charge on any atom is 0.227 e. The van der Waals surface area contributed by atoms with Crippen molar-refractivity contribution in [3.8, 4) is 0 Å². The number of furan rings is 1. The van der Waals surface area contributed by atoms with Crippen LogP contribution in [0.3, 0.4) is 0 Å². The molecule has 2 aromatic rings. The summed E-state index contributed by atoms with van der Waals surface area (Å²) in [5, 5.41) is 6.75. The highest BCUT2D eigenvalue weighted by molar-refractivity contribution is 5.76. The van der Waals surface area contributed by atoms with E-state index < -0.39 is 0 Å². The van der Waals surface area contributed by atoms with Gasteiger partial charge < -0.3 is 14.3 Å². The number of carbonyl (C=O) groups excluding carboxylic acids is 1. The van der Waals surface area contributed by atoms with E-state index >= 15 is 0 Å². The number of nitrogens with one attached hydrogen (secondary N) is 1. The van der Waals surface area contributed by atoms with Crippen molar-refractivity contribution in [1.82, 2.24) is 15.5 Å². The van der Waals surface area contributed by atoms with Gasteiger partial charge in [0.1, 0.15) is 11.5 Å². The summed E-state index contributed by atoms with van der Waals surface area (Å²) in [6, 6.07) is 3.60. The lowest BCUT2D eigenvalue weighted by Crippen LogP contribution is -2.26. The molecule has 0 saturated heterocycles. The Morgan fingerprint density at radius 3 is 2.86 bits per heavy atom. The Kier molecular flexibility index (Phi) is 5.14. The lowest BCUT2D eigenvalue weighted by atomic mass is 10.2. The number of nitrogens with zero attached hydrogens (tertiary/aromatic N) is 2. The molecule has 0 aliphatic carbocycles. The molecule has 114 valence electrons. The predicted octanol–water partition coefficient (Wildman–Crippen LogP) is 2.73. The molecule has 0 bridgehead atoms. The molecule has 0 radical (unpaired) electrons. The molecule has 21 heavy (non-hydrogen) atoms. The van der Waals surface area contributed by atoms with Crippen LogP contribution in [0.5, 0.6) is 0 Å². The molecule has 2 heterocycles. The van der Waals surface area contributed by atoms with Crippen molar-refractivity contribution < 1.29 is 13.7 Å². The van der Waals surface area contributed by atoms with E-state index in [1.54, 1.807) is 0 Å². The van der Waals surface area contributed by atoms with Crippen LogP contribution in [0.1, 0.15) is 56.0 Å². The molecular formula is C15H21N3O3. The molecule has 0 fully saturated rings. The summed E-state index contributed by atoms with van der Waals surface area (Å²) in [5.41, 5.74) is 0. The van der Waals surface area contributed by atoms with Gasteiger partial charge in [0.2, 0.25) is 11.8 Å². The van der Waals surface area contributed by atoms with Gasteiger partial charge >= 0.3 is 0 Å². The molecule has 1 amide bonds. The number of hydrogen-bond donors (Lipinski definition) is 1. The largest absolute Gasteiger partial charge is 0.464 e. The Morgan fingerprint density at radius 1 is 1.38 bits per heavy atom. The molecular weight excluding hydrogens is 270 g/mol. The highest BCUT2D eigenvalue weighted by Gasteiger charge is 2.14. The Morgan fingerprint density at radius 2 is 2.19 bits per heavy atom. The van der Waals surface area contributed by atoms with E-state index in [4.69, 9.17) is 8.94 Å². The average Bonchev–Trinajstić information content (AvgIpc) is 3.06. The van der Waals surface area contributed by atoms with Gasteiger partial charge in [-0.05, 0) is 32.4 Å². The SMILES string of the molecule is CCCc1noc(CCC(=O)N[C@@H](C)c2ccc(C)o2)n1. The number of rotatable bonds is 7. The molecule has 0 saturated carbocycles. The van der Waals surface area contributed by atoms with Crippen molar-refractivity contribution in [2.75, 3.05) is 0 Å². The third-order valence-corrected chi connectivity index (χ3v) is 3.12. The van der Waals surface area contributed by atoms with E-state index in [0.717, 1.165) is 24.4 Å². The first kappa shape index (κ1) is 15.3. The first-order valence-corrected chi connectivity index (χ1v) is 7.25. The van der Waals surface area contributed by atoms with Crippen LogP contribution >= 0.6 is 0 Å². The summed E-state index contributed by atoms with van der Waals surface area (Å²) in [4.78, 5) is 16.1. The fourth-order valence-electron chi connectivity index (χ4n) is 2.01. The monoisotopic (exact) mass is 291 g/mol. The number of aromatic nitrogens is 2. The number of hydrogen-bond acceptors (Lipinski definition) is 5. The molecule has 0 unspecified atom stereocenters. The molecule has 2 aromatic heterocycles. The van der Waals surface area contributed by atoms with Gasteiger partial charge in [0, 0.05) is 19.3 Å². The molecule has 1 atom stereocenters. The van der Waals surface area contributed by atoms with E-state index in [9.17, 15) is 4.79 Å². The van der Waals surface area contributed by atoms with Crippen molar-refractivity contribution in [2.24, 2.45) is 0 Å². The second kappa shape index (κ2) is 7.06. The first-order chi connectivity index (χ1) is 10.1. The third-order valence-electron chi connectivity index (χ3n) is 3.12. The van der Waals surface area contributed by atoms with E-state index in [1.807, 2.05) is 26.0 Å². The van der Waals surface area contributed by atoms with Crippen molar-refractivity contribution in [2.45, 2.75) is 52.5 Å². The van der Waals surface area contributed by atoms with E-state index in [1.165, 1.54) is 0 Å². The van der Waals surface area contributed by atoms with Gasteiger partial charge in [-0.2, -0.15) is 4.98 Å². The minimum absolute atomic E-state index is 0.0632. The van der Waals surface area contributed by atoms with Gasteiger partial charge in [0.15, 0.2) is 5.82 Å². The molecule has 0 spiro atoms. The van der Waals surface area contributed by atoms with Crippen molar-refractivity contribution in [1.29, 1.82) is 0 Å². The van der Waals surface area contributed by atoms with Gasteiger partial charge in [0.25, 0.3) is 0 Å². The lowest BCUT2D eigenvalue weighted by molar-refractivity contribution is -0.121. The van der Waals surface area contributed by atoms with E-state index in [2.05, 4.69) is 22.4 Å². The minimum Gasteiger partial charge on any atom is -0.464 e. The van der Waals surface area contributed by atoms with E-state index in [-0.39, 0.29) is 11.9 Å². The average molecular weight is 291 g/mol. The van der Waals surface area contributed by atoms with E-state index in [0.29, 0.717) is 24.6 Å². The smallest absolute Gasteiger partial charge is 0.227 e. The quantitative estimate of drug-likeness (QED) is 0.848. The van der Waals surface area contributed by atoms with Gasteiger partial charge in [-0.3, -0.25) is 4.79 Å². The standard InChI is InChI=1S/C15H21N3O3/c1-4-5-13-17-15(21-18-13)9-8-14(19)16-11(3)12-7-6-10(2)20-12/h6-7,11H,4-5,8-9H2,1-3H3,(H,16,19)/t11-/m0/s1. The zero-order valence-electron chi connectivity index (χ0n) is 12.7. The van der Waals surface area contributed by atoms with Crippen molar-refractivity contribution in [3.05, 3.63) is 35.4 Å². The Bertz CT molecular complexity index is 589. The number of amides is 1. The fourth-order valence-corrected chi connectivity index (χ4v) is 2.01. The van der Waals surface area contributed by atoms with Gasteiger partial charge in [-0.15, -0.1) is 0 Å². The topological polar surface area (TPSA) is 81.2 Å². The zero-order chi connectivity index (χ0) is 15.2. The highest BCUT2D eigenvalue weighted by atomic mass is 16.5. The fraction of sp³-hybridized carbons (Fsp3) is 0.533. The summed E-state index contributed by atoms with van der Waals surface area (Å²) in [5.74, 6) is 2.73. The van der Waals surface area contributed by atoms with Gasteiger partial charge in [-0.1, -0.05) is 12.1 Å². The van der Waals surface area contributed by atoms with Crippen LogP contribution in [0.2, 0.25) is 0 Å².